The Morgan fingerprint density at radius 3 is 2.35 bits per heavy atom. The van der Waals surface area contributed by atoms with Crippen LogP contribution in [0.5, 0.6) is 0 Å². The predicted molar refractivity (Wildman–Crippen MR) is 70.2 cm³/mol. The van der Waals surface area contributed by atoms with E-state index in [-0.39, 0.29) is 19.1 Å². The summed E-state index contributed by atoms with van der Waals surface area (Å²) in [6, 6.07) is 9.69. The minimum absolute atomic E-state index is 0.0567. The van der Waals surface area contributed by atoms with Crippen LogP contribution in [-0.4, -0.2) is 13.1 Å². The van der Waals surface area contributed by atoms with Crippen LogP contribution in [-0.2, 0) is 0 Å². The van der Waals surface area contributed by atoms with Gasteiger partial charge < -0.3 is 10.6 Å². The molecule has 0 saturated carbocycles. The lowest BCUT2D eigenvalue weighted by molar-refractivity contribution is 0.812. The fraction of sp³-hybridized carbons (Fsp3) is 0.333. The van der Waals surface area contributed by atoms with Crippen molar-refractivity contribution in [2.45, 2.75) is 13.0 Å². The van der Waals surface area contributed by atoms with Crippen molar-refractivity contribution in [2.75, 3.05) is 18.0 Å². The molecule has 0 aromatic heterocycles. The van der Waals surface area contributed by atoms with Crippen molar-refractivity contribution in [3.05, 3.63) is 28.2 Å². The third kappa shape index (κ3) is 3.45. The second kappa shape index (κ2) is 6.24. The van der Waals surface area contributed by atoms with E-state index in [0.717, 1.165) is 15.7 Å². The lowest BCUT2D eigenvalue weighted by Gasteiger charge is -2.19. The number of benzene rings is 1. The van der Waals surface area contributed by atoms with Crippen molar-refractivity contribution in [1.29, 1.82) is 10.5 Å². The molecule has 0 aliphatic carbocycles. The van der Waals surface area contributed by atoms with E-state index < -0.39 is 0 Å². The number of rotatable bonds is 4. The van der Waals surface area contributed by atoms with Gasteiger partial charge >= 0.3 is 0 Å². The Morgan fingerprint density at radius 1 is 1.35 bits per heavy atom. The summed E-state index contributed by atoms with van der Waals surface area (Å²) in [4.78, 5) is 1.70. The highest BCUT2D eigenvalue weighted by atomic mass is 79.9. The molecule has 0 spiro atoms. The Hall–Kier alpha value is -1.56. The van der Waals surface area contributed by atoms with Gasteiger partial charge in [-0.25, -0.2) is 0 Å². The third-order valence-electron chi connectivity index (χ3n) is 2.36. The van der Waals surface area contributed by atoms with Gasteiger partial charge in [-0.2, -0.15) is 10.5 Å². The zero-order chi connectivity index (χ0) is 12.8. The maximum Gasteiger partial charge on any atom is 0.106 e. The molecular weight excluding hydrogens is 280 g/mol. The van der Waals surface area contributed by atoms with E-state index in [1.54, 1.807) is 4.90 Å². The standard InChI is InChI=1S/C12H13BrN4/c1-9(16)11-3-2-10(8-12(11)13)17(6-4-14)7-5-15/h2-3,8-9H,6-7,16H2,1H3/t9-/m1/s1. The molecule has 4 nitrogen and oxygen atoms in total. The van der Waals surface area contributed by atoms with E-state index in [1.165, 1.54) is 0 Å². The summed E-state index contributed by atoms with van der Waals surface area (Å²) in [6.45, 7) is 2.29. The largest absolute Gasteiger partial charge is 0.345 e. The van der Waals surface area contributed by atoms with Gasteiger partial charge in [0.15, 0.2) is 0 Å². The maximum atomic E-state index is 8.70. The normalized spacial score (nSPS) is 11.4. The maximum absolute atomic E-state index is 8.70. The van der Waals surface area contributed by atoms with Gasteiger partial charge in [0.05, 0.1) is 12.1 Å². The Morgan fingerprint density at radius 2 is 1.94 bits per heavy atom. The van der Waals surface area contributed by atoms with Gasteiger partial charge in [-0.3, -0.25) is 0 Å². The van der Waals surface area contributed by atoms with Crippen LogP contribution in [0.3, 0.4) is 0 Å². The van der Waals surface area contributed by atoms with E-state index in [9.17, 15) is 0 Å². The van der Waals surface area contributed by atoms with Crippen LogP contribution in [0.4, 0.5) is 5.69 Å². The van der Waals surface area contributed by atoms with Crippen LogP contribution in [0.2, 0.25) is 0 Å². The number of anilines is 1. The first-order valence-electron chi connectivity index (χ1n) is 5.14. The number of hydrogen-bond acceptors (Lipinski definition) is 4. The molecule has 0 bridgehead atoms. The third-order valence-corrected chi connectivity index (χ3v) is 3.05. The van der Waals surface area contributed by atoms with Crippen molar-refractivity contribution < 1.29 is 0 Å². The van der Waals surface area contributed by atoms with Gasteiger partial charge in [0, 0.05) is 16.2 Å². The molecule has 0 aliphatic heterocycles. The summed E-state index contributed by atoms with van der Waals surface area (Å²) in [5.74, 6) is 0. The molecule has 0 heterocycles. The zero-order valence-corrected chi connectivity index (χ0v) is 11.1. The van der Waals surface area contributed by atoms with Crippen LogP contribution in [0, 0.1) is 22.7 Å². The van der Waals surface area contributed by atoms with Crippen molar-refractivity contribution in [1.82, 2.24) is 0 Å². The van der Waals surface area contributed by atoms with Gasteiger partial charge in [0.2, 0.25) is 0 Å². The van der Waals surface area contributed by atoms with Crippen molar-refractivity contribution in [3.63, 3.8) is 0 Å². The summed E-state index contributed by atoms with van der Waals surface area (Å²) < 4.78 is 0.894. The Kier molecular flexibility index (Phi) is 4.96. The highest BCUT2D eigenvalue weighted by Gasteiger charge is 2.10. The molecule has 0 saturated heterocycles. The average molecular weight is 293 g/mol. The highest BCUT2D eigenvalue weighted by Crippen LogP contribution is 2.27. The molecule has 1 atom stereocenters. The summed E-state index contributed by atoms with van der Waals surface area (Å²) in [5.41, 5.74) is 7.65. The first-order valence-corrected chi connectivity index (χ1v) is 5.93. The van der Waals surface area contributed by atoms with Crippen molar-refractivity contribution in [3.8, 4) is 12.1 Å². The molecule has 5 heteroatoms. The number of halogens is 1. The molecule has 2 N–H and O–H groups in total. The molecule has 88 valence electrons. The number of nitrogens with zero attached hydrogens (tertiary/aromatic N) is 3. The van der Waals surface area contributed by atoms with Crippen LogP contribution in [0.25, 0.3) is 0 Å². The molecule has 0 amide bonds. The summed E-state index contributed by atoms with van der Waals surface area (Å²) in [5, 5.41) is 17.4. The smallest absolute Gasteiger partial charge is 0.106 e. The first kappa shape index (κ1) is 13.5. The minimum atomic E-state index is -0.0567. The van der Waals surface area contributed by atoms with E-state index in [2.05, 4.69) is 15.9 Å². The second-order valence-corrected chi connectivity index (χ2v) is 4.52. The zero-order valence-electron chi connectivity index (χ0n) is 9.52. The fourth-order valence-corrected chi connectivity index (χ4v) is 2.22. The number of nitriles is 2. The summed E-state index contributed by atoms with van der Waals surface area (Å²) in [7, 11) is 0. The second-order valence-electron chi connectivity index (χ2n) is 3.67. The molecule has 0 aliphatic rings. The van der Waals surface area contributed by atoms with E-state index >= 15 is 0 Å². The number of nitrogens with two attached hydrogens (primary N) is 1. The Balaban J connectivity index is 3.03. The average Bonchev–Trinajstić information content (AvgIpc) is 2.28. The van der Waals surface area contributed by atoms with Gasteiger partial charge in [-0.15, -0.1) is 0 Å². The molecule has 0 fully saturated rings. The monoisotopic (exact) mass is 292 g/mol. The quantitative estimate of drug-likeness (QED) is 0.864. The molecule has 17 heavy (non-hydrogen) atoms. The van der Waals surface area contributed by atoms with E-state index in [0.29, 0.717) is 0 Å². The molecule has 1 rings (SSSR count). The van der Waals surface area contributed by atoms with Crippen LogP contribution in [0.15, 0.2) is 22.7 Å². The molecule has 0 unspecified atom stereocenters. The first-order chi connectivity index (χ1) is 8.10. The van der Waals surface area contributed by atoms with Gasteiger partial charge in [-0.05, 0) is 24.6 Å². The van der Waals surface area contributed by atoms with E-state index in [4.69, 9.17) is 16.3 Å². The minimum Gasteiger partial charge on any atom is -0.345 e. The molecular formula is C12H13BrN4. The highest BCUT2D eigenvalue weighted by molar-refractivity contribution is 9.10. The predicted octanol–water partition coefficient (Wildman–Crippen LogP) is 2.32. The fourth-order valence-electron chi connectivity index (χ4n) is 1.49. The lowest BCUT2D eigenvalue weighted by Crippen LogP contribution is -2.23. The van der Waals surface area contributed by atoms with Crippen molar-refractivity contribution in [2.24, 2.45) is 5.73 Å². The van der Waals surface area contributed by atoms with Crippen LogP contribution in [0.1, 0.15) is 18.5 Å². The van der Waals surface area contributed by atoms with Crippen LogP contribution >= 0.6 is 15.9 Å². The Labute approximate surface area is 109 Å². The lowest BCUT2D eigenvalue weighted by atomic mass is 10.1. The molecule has 1 aromatic carbocycles. The van der Waals surface area contributed by atoms with Gasteiger partial charge in [0.1, 0.15) is 13.1 Å². The van der Waals surface area contributed by atoms with Crippen molar-refractivity contribution >= 4 is 21.6 Å². The summed E-state index contributed by atoms with van der Waals surface area (Å²) in [6.07, 6.45) is 0. The molecule has 1 aromatic rings. The van der Waals surface area contributed by atoms with Gasteiger partial charge in [-0.1, -0.05) is 22.0 Å². The van der Waals surface area contributed by atoms with Crippen LogP contribution < -0.4 is 10.6 Å². The van der Waals surface area contributed by atoms with E-state index in [1.807, 2.05) is 37.3 Å². The number of hydrogen-bond donors (Lipinski definition) is 1. The molecule has 0 radical (unpaired) electrons. The van der Waals surface area contributed by atoms with Gasteiger partial charge in [0.25, 0.3) is 0 Å². The SMILES string of the molecule is C[C@@H](N)c1ccc(N(CC#N)CC#N)cc1Br. The summed E-state index contributed by atoms with van der Waals surface area (Å²) >= 11 is 3.45. The Bertz CT molecular complexity index is 454. The topological polar surface area (TPSA) is 76.8 Å².